The molecule has 1 saturated heterocycles. The fraction of sp³-hybridized carbons (Fsp3) is 0.900. The second-order valence-electron chi connectivity index (χ2n) is 4.38. The van der Waals surface area contributed by atoms with E-state index in [0.717, 1.165) is 24.8 Å². The van der Waals surface area contributed by atoms with Gasteiger partial charge in [-0.2, -0.15) is 5.26 Å². The van der Waals surface area contributed by atoms with Crippen LogP contribution < -0.4 is 5.73 Å². The number of rotatable bonds is 3. The number of hydrogen-bond acceptors (Lipinski definition) is 3. The largest absolute Gasteiger partial charge is 0.316 e. The third kappa shape index (κ3) is 1.84. The summed E-state index contributed by atoms with van der Waals surface area (Å²) in [6.45, 7) is 3.52. The van der Waals surface area contributed by atoms with Crippen molar-refractivity contribution in [2.45, 2.75) is 25.3 Å². The molecule has 3 heteroatoms. The summed E-state index contributed by atoms with van der Waals surface area (Å²) in [6, 6.07) is 1.81. The lowest BCUT2D eigenvalue weighted by Gasteiger charge is -2.28. The third-order valence-electron chi connectivity index (χ3n) is 3.48. The van der Waals surface area contributed by atoms with Crippen LogP contribution in [0.2, 0.25) is 0 Å². The van der Waals surface area contributed by atoms with Crippen molar-refractivity contribution in [2.75, 3.05) is 19.6 Å². The Bertz CT molecular complexity index is 209. The first-order valence-electron chi connectivity index (χ1n) is 5.17. The Morgan fingerprint density at radius 3 is 2.46 bits per heavy atom. The Morgan fingerprint density at radius 2 is 2.00 bits per heavy atom. The molecule has 0 aromatic carbocycles. The number of hydrogen-bond donors (Lipinski definition) is 1. The van der Waals surface area contributed by atoms with Crippen molar-refractivity contribution in [1.29, 1.82) is 5.26 Å². The van der Waals surface area contributed by atoms with Crippen LogP contribution in [0.3, 0.4) is 0 Å². The quantitative estimate of drug-likeness (QED) is 0.689. The normalized spacial score (nSPS) is 34.8. The van der Waals surface area contributed by atoms with Gasteiger partial charge >= 0.3 is 0 Å². The zero-order valence-electron chi connectivity index (χ0n) is 7.95. The maximum Gasteiger partial charge on any atom is 0.0940 e. The first kappa shape index (κ1) is 8.98. The van der Waals surface area contributed by atoms with Crippen molar-refractivity contribution in [2.24, 2.45) is 17.6 Å². The topological polar surface area (TPSA) is 53.1 Å². The molecule has 2 fully saturated rings. The van der Waals surface area contributed by atoms with Gasteiger partial charge < -0.3 is 10.6 Å². The van der Waals surface area contributed by atoms with Crippen molar-refractivity contribution in [1.82, 2.24) is 4.90 Å². The van der Waals surface area contributed by atoms with E-state index in [1.165, 1.54) is 25.9 Å². The minimum absolute atomic E-state index is 0.266. The average molecular weight is 179 g/mol. The number of nitrogens with two attached hydrogens (primary N) is 1. The lowest BCUT2D eigenvalue weighted by molar-refractivity contribution is 0.243. The highest BCUT2D eigenvalue weighted by molar-refractivity contribution is 4.93. The van der Waals surface area contributed by atoms with E-state index >= 15 is 0 Å². The first-order valence-corrected chi connectivity index (χ1v) is 5.17. The Morgan fingerprint density at radius 1 is 1.38 bits per heavy atom. The molecular formula is C10H17N3. The third-order valence-corrected chi connectivity index (χ3v) is 3.48. The predicted molar refractivity (Wildman–Crippen MR) is 50.9 cm³/mol. The SMILES string of the molecule is N#CC(N)CCN1CC2CCC2C1. The molecule has 0 aromatic heterocycles. The summed E-state index contributed by atoms with van der Waals surface area (Å²) >= 11 is 0. The van der Waals surface area contributed by atoms with Crippen LogP contribution in [0.4, 0.5) is 0 Å². The highest BCUT2D eigenvalue weighted by Crippen LogP contribution is 2.40. The van der Waals surface area contributed by atoms with Gasteiger partial charge in [-0.1, -0.05) is 0 Å². The molecule has 0 bridgehead atoms. The minimum Gasteiger partial charge on any atom is -0.316 e. The molecular weight excluding hydrogens is 162 g/mol. The molecule has 2 N–H and O–H groups in total. The molecule has 1 aliphatic heterocycles. The van der Waals surface area contributed by atoms with E-state index in [0.29, 0.717) is 0 Å². The summed E-state index contributed by atoms with van der Waals surface area (Å²) in [6.07, 6.45) is 3.67. The highest BCUT2D eigenvalue weighted by Gasteiger charge is 2.38. The maximum absolute atomic E-state index is 8.53. The molecule has 1 heterocycles. The molecule has 3 unspecified atom stereocenters. The second kappa shape index (κ2) is 3.65. The zero-order chi connectivity index (χ0) is 9.26. The lowest BCUT2D eigenvalue weighted by atomic mass is 9.77. The molecule has 2 aliphatic rings. The number of nitrogens with zero attached hydrogens (tertiary/aromatic N) is 2. The molecule has 1 saturated carbocycles. The molecule has 1 aliphatic carbocycles. The van der Waals surface area contributed by atoms with Gasteiger partial charge in [0.05, 0.1) is 12.1 Å². The summed E-state index contributed by atoms with van der Waals surface area (Å²) in [7, 11) is 0. The summed E-state index contributed by atoms with van der Waals surface area (Å²) in [5, 5.41) is 8.53. The van der Waals surface area contributed by atoms with Crippen LogP contribution in [0.1, 0.15) is 19.3 Å². The number of nitriles is 1. The van der Waals surface area contributed by atoms with E-state index in [2.05, 4.69) is 11.0 Å². The average Bonchev–Trinajstić information content (AvgIpc) is 2.39. The van der Waals surface area contributed by atoms with Gasteiger partial charge in [-0.15, -0.1) is 0 Å². The molecule has 72 valence electrons. The van der Waals surface area contributed by atoms with Gasteiger partial charge in [-0.25, -0.2) is 0 Å². The van der Waals surface area contributed by atoms with Crippen molar-refractivity contribution < 1.29 is 0 Å². The molecule has 3 nitrogen and oxygen atoms in total. The zero-order valence-corrected chi connectivity index (χ0v) is 7.95. The van der Waals surface area contributed by atoms with Crippen LogP contribution in [0.5, 0.6) is 0 Å². The molecule has 0 radical (unpaired) electrons. The van der Waals surface area contributed by atoms with Gasteiger partial charge in [0.15, 0.2) is 0 Å². The van der Waals surface area contributed by atoms with E-state index < -0.39 is 0 Å². The van der Waals surface area contributed by atoms with Gasteiger partial charge in [-0.05, 0) is 31.1 Å². The Labute approximate surface area is 79.5 Å². The van der Waals surface area contributed by atoms with Crippen molar-refractivity contribution >= 4 is 0 Å². The predicted octanol–water partition coefficient (Wildman–Crippen LogP) is 0.569. The van der Waals surface area contributed by atoms with Crippen molar-refractivity contribution in [3.05, 3.63) is 0 Å². The van der Waals surface area contributed by atoms with E-state index in [1.807, 2.05) is 0 Å². The van der Waals surface area contributed by atoms with E-state index in [1.54, 1.807) is 0 Å². The van der Waals surface area contributed by atoms with Gasteiger partial charge in [0.25, 0.3) is 0 Å². The van der Waals surface area contributed by atoms with E-state index in [-0.39, 0.29) is 6.04 Å². The van der Waals surface area contributed by atoms with Gasteiger partial charge in [0, 0.05) is 19.6 Å². The summed E-state index contributed by atoms with van der Waals surface area (Å²) < 4.78 is 0. The monoisotopic (exact) mass is 179 g/mol. The van der Waals surface area contributed by atoms with Crippen molar-refractivity contribution in [3.8, 4) is 6.07 Å². The smallest absolute Gasteiger partial charge is 0.0940 e. The summed E-state index contributed by atoms with van der Waals surface area (Å²) in [5.74, 6) is 1.94. The maximum atomic E-state index is 8.53. The van der Waals surface area contributed by atoms with Crippen molar-refractivity contribution in [3.63, 3.8) is 0 Å². The fourth-order valence-corrected chi connectivity index (χ4v) is 2.43. The first-order chi connectivity index (χ1) is 6.29. The van der Waals surface area contributed by atoms with Gasteiger partial charge in [0.1, 0.15) is 0 Å². The van der Waals surface area contributed by atoms with Gasteiger partial charge in [0.2, 0.25) is 0 Å². The summed E-state index contributed by atoms with van der Waals surface area (Å²) in [4.78, 5) is 2.47. The molecule has 13 heavy (non-hydrogen) atoms. The number of likely N-dealkylation sites (tertiary alicyclic amines) is 1. The van der Waals surface area contributed by atoms with Crippen LogP contribution in [-0.4, -0.2) is 30.6 Å². The molecule has 0 aromatic rings. The summed E-state index contributed by atoms with van der Waals surface area (Å²) in [5.41, 5.74) is 5.55. The van der Waals surface area contributed by atoms with Crippen LogP contribution in [0, 0.1) is 23.2 Å². The molecule has 0 amide bonds. The van der Waals surface area contributed by atoms with E-state index in [4.69, 9.17) is 11.0 Å². The lowest BCUT2D eigenvalue weighted by Crippen LogP contribution is -2.28. The van der Waals surface area contributed by atoms with Crippen LogP contribution in [-0.2, 0) is 0 Å². The van der Waals surface area contributed by atoms with E-state index in [9.17, 15) is 0 Å². The van der Waals surface area contributed by atoms with Crippen LogP contribution in [0.15, 0.2) is 0 Å². The van der Waals surface area contributed by atoms with Crippen LogP contribution >= 0.6 is 0 Å². The molecule has 0 spiro atoms. The second-order valence-corrected chi connectivity index (χ2v) is 4.38. The fourth-order valence-electron chi connectivity index (χ4n) is 2.43. The molecule has 2 rings (SSSR count). The minimum atomic E-state index is -0.266. The number of fused-ring (bicyclic) bond motifs is 1. The Kier molecular flexibility index (Phi) is 2.52. The standard InChI is InChI=1S/C10H17N3/c11-5-10(12)3-4-13-6-8-1-2-9(8)7-13/h8-10H,1-4,6-7,12H2. The Balaban J connectivity index is 1.69. The van der Waals surface area contributed by atoms with Crippen LogP contribution in [0.25, 0.3) is 0 Å². The Hall–Kier alpha value is -0.590. The highest BCUT2D eigenvalue weighted by atomic mass is 15.2. The molecule has 3 atom stereocenters. The van der Waals surface area contributed by atoms with Gasteiger partial charge in [-0.3, -0.25) is 0 Å².